The molecule has 1 unspecified atom stereocenters. The summed E-state index contributed by atoms with van der Waals surface area (Å²) in [4.78, 5) is 4.70. The molecule has 0 bridgehead atoms. The molecule has 1 saturated heterocycles. The maximum Gasteiger partial charge on any atom is 0.498 e. The van der Waals surface area contributed by atoms with Gasteiger partial charge in [-0.25, -0.2) is 0 Å². The van der Waals surface area contributed by atoms with Gasteiger partial charge in [0.15, 0.2) is 0 Å². The molecule has 0 aromatic rings. The van der Waals surface area contributed by atoms with Crippen LogP contribution in [-0.4, -0.2) is 30.6 Å². The lowest BCUT2D eigenvalue weighted by Crippen LogP contribution is -2.41. The number of hydrogen-bond donors (Lipinski definition) is 1. The van der Waals surface area contributed by atoms with Crippen molar-refractivity contribution in [1.82, 2.24) is 0 Å². The van der Waals surface area contributed by atoms with Crippen LogP contribution in [0.2, 0.25) is 0 Å². The second-order valence-electron chi connectivity index (χ2n) is 7.38. The van der Waals surface area contributed by atoms with Crippen molar-refractivity contribution in [2.24, 2.45) is 16.6 Å². The van der Waals surface area contributed by atoms with Gasteiger partial charge in [-0.05, 0) is 53.2 Å². The van der Waals surface area contributed by atoms with Crippen LogP contribution in [0.15, 0.2) is 16.7 Å². The summed E-state index contributed by atoms with van der Waals surface area (Å²) < 4.78 is 12.1. The first-order valence-corrected chi connectivity index (χ1v) is 8.43. The Morgan fingerprint density at radius 1 is 1.23 bits per heavy atom. The zero-order chi connectivity index (χ0) is 17.0. The number of rotatable bonds is 7. The molecule has 0 aromatic carbocycles. The molecule has 0 saturated carbocycles. The molecular weight excluding hydrogens is 275 g/mol. The molecule has 1 rings (SSSR count). The van der Waals surface area contributed by atoms with Gasteiger partial charge in [0, 0.05) is 17.7 Å². The van der Waals surface area contributed by atoms with Crippen LogP contribution in [0.4, 0.5) is 0 Å². The molecule has 0 radical (unpaired) electrons. The zero-order valence-corrected chi connectivity index (χ0v) is 15.4. The first kappa shape index (κ1) is 19.2. The minimum Gasteiger partial charge on any atom is -0.405 e. The van der Waals surface area contributed by atoms with Crippen molar-refractivity contribution in [1.29, 1.82) is 0 Å². The number of unbranched alkanes of at least 4 members (excludes halogenated alkanes) is 1. The van der Waals surface area contributed by atoms with E-state index in [4.69, 9.17) is 20.0 Å². The highest BCUT2D eigenvalue weighted by atomic mass is 16.7. The van der Waals surface area contributed by atoms with E-state index in [0.29, 0.717) is 5.92 Å². The van der Waals surface area contributed by atoms with E-state index in [9.17, 15) is 0 Å². The third kappa shape index (κ3) is 4.59. The Kier molecular flexibility index (Phi) is 6.69. The Balaban J connectivity index is 2.73. The summed E-state index contributed by atoms with van der Waals surface area (Å²) in [6.07, 6.45) is 5.27. The van der Waals surface area contributed by atoms with Crippen molar-refractivity contribution < 1.29 is 9.31 Å². The molecule has 0 aliphatic carbocycles. The molecular formula is C17H33BN2O2. The average Bonchev–Trinajstić information content (AvgIpc) is 2.63. The highest BCUT2D eigenvalue weighted by Gasteiger charge is 2.52. The van der Waals surface area contributed by atoms with Crippen LogP contribution in [0.3, 0.4) is 0 Å². The van der Waals surface area contributed by atoms with Gasteiger partial charge < -0.3 is 15.0 Å². The second kappa shape index (κ2) is 7.65. The third-order valence-electron chi connectivity index (χ3n) is 4.80. The van der Waals surface area contributed by atoms with Gasteiger partial charge in [0.2, 0.25) is 0 Å². The number of aliphatic imine (C=N–C) groups is 1. The van der Waals surface area contributed by atoms with Crippen LogP contribution < -0.4 is 5.73 Å². The molecule has 4 nitrogen and oxygen atoms in total. The molecule has 22 heavy (non-hydrogen) atoms. The smallest absolute Gasteiger partial charge is 0.405 e. The van der Waals surface area contributed by atoms with Gasteiger partial charge in [-0.1, -0.05) is 26.7 Å². The van der Waals surface area contributed by atoms with E-state index in [1.54, 1.807) is 6.20 Å². The molecule has 5 heteroatoms. The van der Waals surface area contributed by atoms with Gasteiger partial charge in [0.25, 0.3) is 0 Å². The maximum atomic E-state index is 6.06. The van der Waals surface area contributed by atoms with Crippen LogP contribution in [0.25, 0.3) is 0 Å². The number of allylic oxidation sites excluding steroid dienone is 1. The average molecular weight is 308 g/mol. The van der Waals surface area contributed by atoms with E-state index in [-0.39, 0.29) is 11.2 Å². The summed E-state index contributed by atoms with van der Waals surface area (Å²) >= 11 is 0. The van der Waals surface area contributed by atoms with E-state index in [1.165, 1.54) is 19.3 Å². The molecule has 126 valence electrons. The van der Waals surface area contributed by atoms with Crippen molar-refractivity contribution in [2.75, 3.05) is 6.54 Å². The van der Waals surface area contributed by atoms with Gasteiger partial charge in [-0.15, -0.1) is 0 Å². The van der Waals surface area contributed by atoms with Crippen molar-refractivity contribution in [3.63, 3.8) is 0 Å². The number of hydrogen-bond acceptors (Lipinski definition) is 4. The van der Waals surface area contributed by atoms with Gasteiger partial charge in [-0.2, -0.15) is 0 Å². The molecule has 0 amide bonds. The predicted octanol–water partition coefficient (Wildman–Crippen LogP) is 3.75. The van der Waals surface area contributed by atoms with Crippen LogP contribution >= 0.6 is 0 Å². The van der Waals surface area contributed by atoms with Crippen LogP contribution in [0.5, 0.6) is 0 Å². The van der Waals surface area contributed by atoms with Crippen LogP contribution in [-0.2, 0) is 9.31 Å². The van der Waals surface area contributed by atoms with Crippen LogP contribution in [0.1, 0.15) is 67.7 Å². The summed E-state index contributed by atoms with van der Waals surface area (Å²) in [5.74, 6) is 0.590. The third-order valence-corrected chi connectivity index (χ3v) is 4.80. The molecule has 1 atom stereocenters. The molecule has 2 N–H and O–H groups in total. The van der Waals surface area contributed by atoms with Gasteiger partial charge in [0.1, 0.15) is 0 Å². The molecule has 0 aromatic heterocycles. The van der Waals surface area contributed by atoms with Crippen molar-refractivity contribution in [2.45, 2.75) is 78.9 Å². The van der Waals surface area contributed by atoms with E-state index >= 15 is 0 Å². The van der Waals surface area contributed by atoms with Gasteiger partial charge in [-0.3, -0.25) is 4.99 Å². The lowest BCUT2D eigenvalue weighted by Gasteiger charge is -2.32. The van der Waals surface area contributed by atoms with E-state index in [0.717, 1.165) is 17.7 Å². The molecule has 1 heterocycles. The Morgan fingerprint density at radius 2 is 1.77 bits per heavy atom. The Hall–Kier alpha value is -0.805. The van der Waals surface area contributed by atoms with Crippen molar-refractivity contribution in [3.8, 4) is 0 Å². The number of nitrogens with zero attached hydrogens (tertiary/aromatic N) is 1. The molecule has 0 spiro atoms. The van der Waals surface area contributed by atoms with Crippen LogP contribution in [0, 0.1) is 5.92 Å². The minimum absolute atomic E-state index is 0.360. The lowest BCUT2D eigenvalue weighted by atomic mass is 9.76. The zero-order valence-electron chi connectivity index (χ0n) is 15.4. The first-order chi connectivity index (χ1) is 10.1. The fourth-order valence-electron chi connectivity index (χ4n) is 2.37. The van der Waals surface area contributed by atoms with Crippen molar-refractivity contribution in [3.05, 3.63) is 11.7 Å². The fraction of sp³-hybridized carbons (Fsp3) is 0.824. The molecule has 1 fully saturated rings. The predicted molar refractivity (Wildman–Crippen MR) is 95.0 cm³/mol. The number of nitrogens with two attached hydrogens (primary N) is 1. The highest BCUT2D eigenvalue weighted by molar-refractivity contribution is 6.62. The molecule has 1 aliphatic heterocycles. The summed E-state index contributed by atoms with van der Waals surface area (Å²) in [5.41, 5.74) is 6.83. The lowest BCUT2D eigenvalue weighted by molar-refractivity contribution is 0.00578. The first-order valence-electron chi connectivity index (χ1n) is 8.43. The maximum absolute atomic E-state index is 6.06. The Bertz CT molecular complexity index is 414. The minimum atomic E-state index is -0.440. The summed E-state index contributed by atoms with van der Waals surface area (Å²) in [6.45, 7) is 15.4. The van der Waals surface area contributed by atoms with Crippen molar-refractivity contribution >= 4 is 12.8 Å². The SMILES string of the molecule is CCCCC(C)CN=C(C)/C(=C\N)B1OC(C)(C)C(C)(C)O1. The second-order valence-corrected chi connectivity index (χ2v) is 7.38. The quantitative estimate of drug-likeness (QED) is 0.575. The largest absolute Gasteiger partial charge is 0.498 e. The summed E-state index contributed by atoms with van der Waals surface area (Å²) in [7, 11) is -0.440. The standard InChI is InChI=1S/C17H33BN2O2/c1-8-9-10-13(2)12-20-14(3)15(11-19)18-21-16(4,5)17(6,7)22-18/h11,13H,8-10,12,19H2,1-7H3/b15-11+,20-14?. The molecule has 1 aliphatic rings. The monoisotopic (exact) mass is 308 g/mol. The topological polar surface area (TPSA) is 56.8 Å². The Morgan fingerprint density at radius 3 is 2.23 bits per heavy atom. The van der Waals surface area contributed by atoms with Gasteiger partial charge >= 0.3 is 7.12 Å². The fourth-order valence-corrected chi connectivity index (χ4v) is 2.37. The van der Waals surface area contributed by atoms with Gasteiger partial charge in [0.05, 0.1) is 11.2 Å². The summed E-state index contributed by atoms with van der Waals surface area (Å²) in [5, 5.41) is 0. The summed E-state index contributed by atoms with van der Waals surface area (Å²) in [6, 6.07) is 0. The Labute approximate surface area is 136 Å². The normalized spacial score (nSPS) is 23.0. The van der Waals surface area contributed by atoms with E-state index in [2.05, 4.69) is 13.8 Å². The highest BCUT2D eigenvalue weighted by Crippen LogP contribution is 2.38. The van der Waals surface area contributed by atoms with E-state index < -0.39 is 7.12 Å². The van der Waals surface area contributed by atoms with E-state index in [1.807, 2.05) is 34.6 Å².